The number of nitrogens with one attached hydrogen (secondary N) is 1. The third-order valence-corrected chi connectivity index (χ3v) is 2.95. The van der Waals surface area contributed by atoms with E-state index in [0.29, 0.717) is 6.73 Å². The molecule has 62 valence electrons. The Labute approximate surface area is 65.0 Å². The predicted octanol–water partition coefficient (Wildman–Crippen LogP) is 1.52. The van der Waals surface area contributed by atoms with Gasteiger partial charge in [0.2, 0.25) is 0 Å². The molecule has 3 heteroatoms. The molecule has 0 aromatic rings. The minimum Gasteiger partial charge on any atom is -0.367 e. The van der Waals surface area contributed by atoms with Crippen molar-refractivity contribution in [2.45, 2.75) is 25.7 Å². The second kappa shape index (κ2) is 4.88. The summed E-state index contributed by atoms with van der Waals surface area (Å²) in [5.41, 5.74) is 0. The van der Waals surface area contributed by atoms with Gasteiger partial charge in [0.25, 0.3) is 0 Å². The van der Waals surface area contributed by atoms with Crippen LogP contribution < -0.4 is 5.32 Å². The zero-order chi connectivity index (χ0) is 8.04. The van der Waals surface area contributed by atoms with Crippen LogP contribution in [0.25, 0.3) is 0 Å². The Morgan fingerprint density at radius 3 is 2.30 bits per heavy atom. The molecule has 1 N–H and O–H groups in total. The van der Waals surface area contributed by atoms with Gasteiger partial charge in [0.05, 0.1) is 6.73 Å². The maximum absolute atomic E-state index is 5.28. The first kappa shape index (κ1) is 10.1. The van der Waals surface area contributed by atoms with Crippen molar-refractivity contribution in [1.29, 1.82) is 0 Å². The van der Waals surface area contributed by atoms with Crippen molar-refractivity contribution in [3.05, 3.63) is 0 Å². The summed E-state index contributed by atoms with van der Waals surface area (Å²) in [5, 5.41) is 2.95. The van der Waals surface area contributed by atoms with Gasteiger partial charge in [0.15, 0.2) is 0 Å². The number of rotatable bonds is 5. The Kier molecular flexibility index (Phi) is 4.94. The lowest BCUT2D eigenvalue weighted by Crippen LogP contribution is -2.23. The van der Waals surface area contributed by atoms with Gasteiger partial charge >= 0.3 is 0 Å². The molecule has 0 unspecified atom stereocenters. The maximum Gasteiger partial charge on any atom is 0.0962 e. The van der Waals surface area contributed by atoms with E-state index in [1.165, 1.54) is 6.04 Å². The van der Waals surface area contributed by atoms with Gasteiger partial charge < -0.3 is 4.74 Å². The highest BCUT2D eigenvalue weighted by atomic mass is 28.3. The number of hydrogen-bond donors (Lipinski definition) is 1. The third kappa shape index (κ3) is 8.14. The zero-order valence-corrected chi connectivity index (χ0v) is 8.53. The van der Waals surface area contributed by atoms with Crippen LogP contribution in [0.1, 0.15) is 0 Å². The summed E-state index contributed by atoms with van der Waals surface area (Å²) >= 11 is 0. The summed E-state index contributed by atoms with van der Waals surface area (Å²) in [5.74, 6) is 0. The second-order valence-corrected chi connectivity index (χ2v) is 9.34. The first-order valence-corrected chi connectivity index (χ1v) is 7.49. The summed E-state index contributed by atoms with van der Waals surface area (Å²) < 4.78 is 5.28. The molecule has 0 atom stereocenters. The van der Waals surface area contributed by atoms with Gasteiger partial charge in [0.1, 0.15) is 0 Å². The lowest BCUT2D eigenvalue weighted by atomic mass is 10.8. The Morgan fingerprint density at radius 1 is 1.30 bits per heavy atom. The van der Waals surface area contributed by atoms with Gasteiger partial charge in [-0.25, -0.2) is 0 Å². The van der Waals surface area contributed by atoms with Crippen LogP contribution >= 0.6 is 0 Å². The van der Waals surface area contributed by atoms with Crippen molar-refractivity contribution in [2.24, 2.45) is 0 Å². The average molecular weight is 161 g/mol. The van der Waals surface area contributed by atoms with Crippen LogP contribution in [-0.2, 0) is 4.74 Å². The van der Waals surface area contributed by atoms with E-state index in [2.05, 4.69) is 25.0 Å². The van der Waals surface area contributed by atoms with Gasteiger partial charge in [-0.15, -0.1) is 0 Å². The summed E-state index contributed by atoms with van der Waals surface area (Å²) in [6.07, 6.45) is 0. The van der Waals surface area contributed by atoms with Crippen LogP contribution in [0.3, 0.4) is 0 Å². The van der Waals surface area contributed by atoms with Crippen LogP contribution in [-0.4, -0.2) is 28.5 Å². The zero-order valence-electron chi connectivity index (χ0n) is 7.53. The standard InChI is InChI=1S/C7H19NOSi/c1-8-7-9-5-6-10(2,3)4/h8H,5-7H2,1-4H3. The minimum atomic E-state index is -0.860. The van der Waals surface area contributed by atoms with E-state index in [1.54, 1.807) is 0 Å². The molecule has 0 spiro atoms. The molecule has 10 heavy (non-hydrogen) atoms. The third-order valence-electron chi connectivity index (χ3n) is 1.24. The molecular weight excluding hydrogens is 142 g/mol. The normalized spacial score (nSPS) is 12.0. The molecule has 0 amide bonds. The monoisotopic (exact) mass is 161 g/mol. The van der Waals surface area contributed by atoms with E-state index >= 15 is 0 Å². The molecule has 0 aliphatic carbocycles. The molecule has 0 aromatic heterocycles. The Balaban J connectivity index is 3.04. The van der Waals surface area contributed by atoms with E-state index in [0.717, 1.165) is 6.61 Å². The molecule has 0 aliphatic heterocycles. The van der Waals surface area contributed by atoms with E-state index in [1.807, 2.05) is 7.05 Å². The molecule has 0 radical (unpaired) electrons. The Morgan fingerprint density at radius 2 is 1.90 bits per heavy atom. The molecule has 0 heterocycles. The molecule has 0 aliphatic rings. The van der Waals surface area contributed by atoms with E-state index in [9.17, 15) is 0 Å². The summed E-state index contributed by atoms with van der Waals surface area (Å²) in [7, 11) is 1.04. The first-order chi connectivity index (χ1) is 4.56. The molecule has 0 aromatic carbocycles. The van der Waals surface area contributed by atoms with Gasteiger partial charge in [-0.05, 0) is 13.1 Å². The van der Waals surface area contributed by atoms with Gasteiger partial charge in [-0.3, -0.25) is 5.32 Å². The van der Waals surface area contributed by atoms with Crippen LogP contribution in [0, 0.1) is 0 Å². The van der Waals surface area contributed by atoms with Crippen molar-refractivity contribution in [3.63, 3.8) is 0 Å². The van der Waals surface area contributed by atoms with Crippen molar-refractivity contribution < 1.29 is 4.74 Å². The summed E-state index contributed by atoms with van der Waals surface area (Å²) in [6, 6.07) is 1.26. The second-order valence-electron chi connectivity index (χ2n) is 3.72. The molecule has 0 bridgehead atoms. The van der Waals surface area contributed by atoms with Crippen LogP contribution in [0.2, 0.25) is 25.7 Å². The number of hydrogen-bond acceptors (Lipinski definition) is 2. The smallest absolute Gasteiger partial charge is 0.0962 e. The minimum absolute atomic E-state index is 0.685. The number of ether oxygens (including phenoxy) is 1. The highest BCUT2D eigenvalue weighted by Crippen LogP contribution is 2.06. The topological polar surface area (TPSA) is 21.3 Å². The van der Waals surface area contributed by atoms with E-state index < -0.39 is 8.07 Å². The summed E-state index contributed by atoms with van der Waals surface area (Å²) in [4.78, 5) is 0. The largest absolute Gasteiger partial charge is 0.367 e. The first-order valence-electron chi connectivity index (χ1n) is 3.78. The van der Waals surface area contributed by atoms with Gasteiger partial charge in [-0.2, -0.15) is 0 Å². The SMILES string of the molecule is CNCOCC[Si](C)(C)C. The Hall–Kier alpha value is 0.137. The van der Waals surface area contributed by atoms with Crippen molar-refractivity contribution in [3.8, 4) is 0 Å². The average Bonchev–Trinajstić information content (AvgIpc) is 1.78. The maximum atomic E-state index is 5.28. The fourth-order valence-electron chi connectivity index (χ4n) is 0.553. The molecule has 2 nitrogen and oxygen atoms in total. The van der Waals surface area contributed by atoms with E-state index in [4.69, 9.17) is 4.74 Å². The van der Waals surface area contributed by atoms with Crippen molar-refractivity contribution in [2.75, 3.05) is 20.4 Å². The Bertz CT molecular complexity index is 80.2. The fourth-order valence-corrected chi connectivity index (χ4v) is 1.31. The van der Waals surface area contributed by atoms with Gasteiger partial charge in [-0.1, -0.05) is 19.6 Å². The highest BCUT2D eigenvalue weighted by Gasteiger charge is 2.11. The van der Waals surface area contributed by atoms with Crippen LogP contribution in [0.4, 0.5) is 0 Å². The van der Waals surface area contributed by atoms with E-state index in [-0.39, 0.29) is 0 Å². The fraction of sp³-hybridized carbons (Fsp3) is 1.00. The molecular formula is C7H19NOSi. The molecule has 0 rings (SSSR count). The summed E-state index contributed by atoms with van der Waals surface area (Å²) in [6.45, 7) is 8.67. The highest BCUT2D eigenvalue weighted by molar-refractivity contribution is 6.76. The van der Waals surface area contributed by atoms with Crippen LogP contribution in [0.5, 0.6) is 0 Å². The molecule has 0 saturated heterocycles. The lowest BCUT2D eigenvalue weighted by Gasteiger charge is -2.14. The molecule has 0 saturated carbocycles. The van der Waals surface area contributed by atoms with Crippen molar-refractivity contribution in [1.82, 2.24) is 5.32 Å². The molecule has 0 fully saturated rings. The predicted molar refractivity (Wildman–Crippen MR) is 48.0 cm³/mol. The lowest BCUT2D eigenvalue weighted by molar-refractivity contribution is 0.134. The van der Waals surface area contributed by atoms with Crippen molar-refractivity contribution >= 4 is 8.07 Å². The van der Waals surface area contributed by atoms with Gasteiger partial charge in [0, 0.05) is 14.7 Å². The van der Waals surface area contributed by atoms with Crippen LogP contribution in [0.15, 0.2) is 0 Å². The quantitative estimate of drug-likeness (QED) is 0.375.